The number of benzene rings is 1. The van der Waals surface area contributed by atoms with Gasteiger partial charge in [0.1, 0.15) is 29.3 Å². The van der Waals surface area contributed by atoms with Gasteiger partial charge in [-0.1, -0.05) is 29.4 Å². The molecule has 0 saturated carbocycles. The van der Waals surface area contributed by atoms with Crippen LogP contribution in [0.5, 0.6) is 11.5 Å². The van der Waals surface area contributed by atoms with Gasteiger partial charge in [-0.15, -0.1) is 0 Å². The summed E-state index contributed by atoms with van der Waals surface area (Å²) in [6.07, 6.45) is 12.8. The molecule has 0 radical (unpaired) electrons. The highest BCUT2D eigenvalue weighted by atomic mass is 16.7. The number of aryl methyl sites for hydroxylation is 2. The van der Waals surface area contributed by atoms with Gasteiger partial charge in [0.2, 0.25) is 0 Å². The van der Waals surface area contributed by atoms with E-state index in [-0.39, 0.29) is 17.8 Å². The number of ether oxygens (including phenoxy) is 3. The molecule has 1 N–H and O–H groups in total. The van der Waals surface area contributed by atoms with Crippen molar-refractivity contribution >= 4 is 0 Å². The fraction of sp³-hybridized carbons (Fsp3) is 0.600. The normalized spacial score (nSPS) is 26.7. The number of hydrogen-bond acceptors (Lipinski definition) is 4. The summed E-state index contributed by atoms with van der Waals surface area (Å²) in [4.78, 5) is 0. The lowest BCUT2D eigenvalue weighted by Gasteiger charge is -2.36. The monoisotopic (exact) mass is 468 g/mol. The number of rotatable bonds is 8. The van der Waals surface area contributed by atoms with Crippen molar-refractivity contribution in [2.45, 2.75) is 118 Å². The quantitative estimate of drug-likeness (QED) is 0.397. The molecule has 0 spiro atoms. The van der Waals surface area contributed by atoms with E-state index in [2.05, 4.69) is 52.8 Å². The molecule has 0 aromatic heterocycles. The van der Waals surface area contributed by atoms with E-state index in [4.69, 9.17) is 14.2 Å². The zero-order valence-electron chi connectivity index (χ0n) is 22.5. The minimum Gasteiger partial charge on any atom is -0.508 e. The first-order chi connectivity index (χ1) is 15.9. The SMILES string of the molecule is CC(C)=C[C@@H]1OC(C)(C)O[C@H]1/C(C)=C/CC/C(C)=C/CC[C@]1(C)CCc2cc(O)cc(C)c2O1. The lowest BCUT2D eigenvalue weighted by atomic mass is 9.87. The predicted molar refractivity (Wildman–Crippen MR) is 139 cm³/mol. The smallest absolute Gasteiger partial charge is 0.164 e. The second kappa shape index (κ2) is 10.7. The molecule has 0 unspecified atom stereocenters. The van der Waals surface area contributed by atoms with Gasteiger partial charge in [0, 0.05) is 0 Å². The van der Waals surface area contributed by atoms with Crippen LogP contribution in [0, 0.1) is 6.92 Å². The Morgan fingerprint density at radius 3 is 2.50 bits per heavy atom. The third kappa shape index (κ3) is 6.99. The van der Waals surface area contributed by atoms with Gasteiger partial charge >= 0.3 is 0 Å². The average Bonchev–Trinajstić information content (AvgIpc) is 3.02. The van der Waals surface area contributed by atoms with Gasteiger partial charge < -0.3 is 19.3 Å². The maximum Gasteiger partial charge on any atom is 0.164 e. The molecule has 4 nitrogen and oxygen atoms in total. The van der Waals surface area contributed by atoms with Crippen LogP contribution < -0.4 is 4.74 Å². The van der Waals surface area contributed by atoms with Crippen LogP contribution in [0.3, 0.4) is 0 Å². The molecule has 2 aliphatic rings. The molecule has 1 aromatic rings. The molecule has 0 aliphatic carbocycles. The predicted octanol–water partition coefficient (Wildman–Crippen LogP) is 7.72. The summed E-state index contributed by atoms with van der Waals surface area (Å²) in [7, 11) is 0. The number of aromatic hydroxyl groups is 1. The highest BCUT2D eigenvalue weighted by molar-refractivity contribution is 5.47. The van der Waals surface area contributed by atoms with Crippen molar-refractivity contribution in [3.05, 3.63) is 58.2 Å². The third-order valence-corrected chi connectivity index (χ3v) is 6.85. The topological polar surface area (TPSA) is 47.9 Å². The first-order valence-electron chi connectivity index (χ1n) is 12.7. The second-order valence-corrected chi connectivity index (χ2v) is 11.1. The minimum absolute atomic E-state index is 0.0224. The number of phenols is 1. The average molecular weight is 469 g/mol. The molecule has 188 valence electrons. The van der Waals surface area contributed by atoms with Crippen LogP contribution in [0.1, 0.15) is 91.7 Å². The molecule has 1 saturated heterocycles. The highest BCUT2D eigenvalue weighted by Gasteiger charge is 2.40. The molecule has 3 atom stereocenters. The van der Waals surface area contributed by atoms with E-state index >= 15 is 0 Å². The highest BCUT2D eigenvalue weighted by Crippen LogP contribution is 2.40. The zero-order valence-corrected chi connectivity index (χ0v) is 22.5. The lowest BCUT2D eigenvalue weighted by molar-refractivity contribution is -0.139. The summed E-state index contributed by atoms with van der Waals surface area (Å²) in [5.41, 5.74) is 5.88. The second-order valence-electron chi connectivity index (χ2n) is 11.1. The Labute approximate surface area is 206 Å². The Morgan fingerprint density at radius 1 is 1.06 bits per heavy atom. The Kier molecular flexibility index (Phi) is 8.36. The summed E-state index contributed by atoms with van der Waals surface area (Å²) in [6.45, 7) is 16.8. The number of fused-ring (bicyclic) bond motifs is 1. The number of hydrogen-bond donors (Lipinski definition) is 1. The molecule has 3 rings (SSSR count). The molecule has 0 amide bonds. The van der Waals surface area contributed by atoms with E-state index in [0.29, 0.717) is 5.75 Å². The van der Waals surface area contributed by atoms with Crippen LogP contribution in [0.15, 0.2) is 47.1 Å². The summed E-state index contributed by atoms with van der Waals surface area (Å²) in [5.74, 6) is 0.734. The summed E-state index contributed by atoms with van der Waals surface area (Å²) < 4.78 is 18.7. The molecule has 4 heteroatoms. The summed E-state index contributed by atoms with van der Waals surface area (Å²) in [5, 5.41) is 9.86. The molecule has 1 fully saturated rings. The molecular weight excluding hydrogens is 424 g/mol. The zero-order chi connectivity index (χ0) is 25.1. The van der Waals surface area contributed by atoms with Crippen LogP contribution in [0.25, 0.3) is 0 Å². The Hall–Kier alpha value is -2.04. The molecule has 1 aromatic carbocycles. The van der Waals surface area contributed by atoms with Crippen molar-refractivity contribution in [3.63, 3.8) is 0 Å². The van der Waals surface area contributed by atoms with Gasteiger partial charge in [0.25, 0.3) is 0 Å². The van der Waals surface area contributed by atoms with Crippen molar-refractivity contribution < 1.29 is 19.3 Å². The summed E-state index contributed by atoms with van der Waals surface area (Å²) >= 11 is 0. The van der Waals surface area contributed by atoms with Crippen molar-refractivity contribution in [2.75, 3.05) is 0 Å². The molecule has 0 bridgehead atoms. The maximum absolute atomic E-state index is 9.86. The Bertz CT molecular complexity index is 964. The van der Waals surface area contributed by atoms with Gasteiger partial charge in [-0.25, -0.2) is 0 Å². The Balaban J connectivity index is 1.51. The van der Waals surface area contributed by atoms with Gasteiger partial charge in [-0.3, -0.25) is 0 Å². The minimum atomic E-state index is -0.553. The Morgan fingerprint density at radius 2 is 1.79 bits per heavy atom. The fourth-order valence-corrected chi connectivity index (χ4v) is 4.99. The van der Waals surface area contributed by atoms with Crippen molar-refractivity contribution in [1.29, 1.82) is 0 Å². The number of allylic oxidation sites excluding steroid dienone is 4. The van der Waals surface area contributed by atoms with E-state index in [9.17, 15) is 5.11 Å². The van der Waals surface area contributed by atoms with Crippen molar-refractivity contribution in [2.24, 2.45) is 0 Å². The first-order valence-corrected chi connectivity index (χ1v) is 12.7. The van der Waals surface area contributed by atoms with Crippen LogP contribution in [-0.4, -0.2) is 28.7 Å². The van der Waals surface area contributed by atoms with Crippen LogP contribution in [0.2, 0.25) is 0 Å². The maximum atomic E-state index is 9.86. The largest absolute Gasteiger partial charge is 0.508 e. The van der Waals surface area contributed by atoms with Crippen LogP contribution in [-0.2, 0) is 15.9 Å². The van der Waals surface area contributed by atoms with Crippen molar-refractivity contribution in [3.8, 4) is 11.5 Å². The molecule has 2 heterocycles. The fourth-order valence-electron chi connectivity index (χ4n) is 4.99. The lowest BCUT2D eigenvalue weighted by Crippen LogP contribution is -2.36. The van der Waals surface area contributed by atoms with Gasteiger partial charge in [-0.2, -0.15) is 0 Å². The third-order valence-electron chi connectivity index (χ3n) is 6.85. The van der Waals surface area contributed by atoms with Gasteiger partial charge in [0.15, 0.2) is 5.79 Å². The van der Waals surface area contributed by atoms with Gasteiger partial charge in [0.05, 0.1) is 0 Å². The standard InChI is InChI=1S/C30H44O4/c1-20(2)17-26-28(33-29(6,7)32-26)22(4)13-9-11-21(3)12-10-15-30(8)16-14-24-19-25(31)18-23(5)27(24)34-30/h12-13,17-19,26,28,31H,9-11,14-16H2,1-8H3/b21-12+,22-13+/t26-,28-,30+/m0/s1. The number of phenolic OH excluding ortho intramolecular Hbond substituents is 1. The van der Waals surface area contributed by atoms with E-state index in [0.717, 1.165) is 55.4 Å². The van der Waals surface area contributed by atoms with Crippen molar-refractivity contribution in [1.82, 2.24) is 0 Å². The van der Waals surface area contributed by atoms with E-state index < -0.39 is 5.79 Å². The summed E-state index contributed by atoms with van der Waals surface area (Å²) in [6, 6.07) is 3.63. The van der Waals surface area contributed by atoms with E-state index in [1.807, 2.05) is 26.8 Å². The van der Waals surface area contributed by atoms with E-state index in [1.165, 1.54) is 16.7 Å². The molecular formula is C30H44O4. The molecule has 2 aliphatic heterocycles. The van der Waals surface area contributed by atoms with Gasteiger partial charge in [-0.05, 0) is 123 Å². The molecule has 34 heavy (non-hydrogen) atoms. The van der Waals surface area contributed by atoms with E-state index in [1.54, 1.807) is 6.07 Å². The van der Waals surface area contributed by atoms with Crippen LogP contribution in [0.4, 0.5) is 0 Å². The van der Waals surface area contributed by atoms with Crippen LogP contribution >= 0.6 is 0 Å². The first kappa shape index (κ1) is 26.6.